The number of para-hydroxylation sites is 1. The van der Waals surface area contributed by atoms with E-state index >= 15 is 0 Å². The van der Waals surface area contributed by atoms with E-state index in [1.807, 2.05) is 18.2 Å². The molecule has 2 heterocycles. The number of hydrogen-bond donors (Lipinski definition) is 0. The highest BCUT2D eigenvalue weighted by atomic mass is 16.6. The highest BCUT2D eigenvalue weighted by Gasteiger charge is 2.35. The zero-order chi connectivity index (χ0) is 16.2. The number of ether oxygens (including phenoxy) is 3. The van der Waals surface area contributed by atoms with Crippen LogP contribution in [0.15, 0.2) is 48.7 Å². The van der Waals surface area contributed by atoms with Crippen molar-refractivity contribution >= 4 is 11.9 Å². The Bertz CT molecular complexity index is 716. The number of carbonyl (C=O) groups is 2. The van der Waals surface area contributed by atoms with Crippen LogP contribution in [0.5, 0.6) is 11.6 Å². The van der Waals surface area contributed by atoms with Crippen LogP contribution < -0.4 is 4.74 Å². The number of pyridine rings is 1. The van der Waals surface area contributed by atoms with E-state index in [4.69, 9.17) is 14.2 Å². The molecule has 6 heteroatoms. The van der Waals surface area contributed by atoms with Crippen LogP contribution in [-0.4, -0.2) is 29.1 Å². The van der Waals surface area contributed by atoms with Gasteiger partial charge in [0.25, 0.3) is 0 Å². The number of esters is 2. The smallest absolute Gasteiger partial charge is 0.347 e. The van der Waals surface area contributed by atoms with E-state index in [-0.39, 0.29) is 17.5 Å². The maximum absolute atomic E-state index is 12.3. The molecule has 0 aliphatic carbocycles. The van der Waals surface area contributed by atoms with E-state index in [9.17, 15) is 9.59 Å². The van der Waals surface area contributed by atoms with Gasteiger partial charge in [-0.1, -0.05) is 18.2 Å². The molecule has 1 fully saturated rings. The summed E-state index contributed by atoms with van der Waals surface area (Å²) in [5.74, 6) is -0.516. The second-order valence-electron chi connectivity index (χ2n) is 5.15. The summed E-state index contributed by atoms with van der Waals surface area (Å²) in [5.41, 5.74) is 0.156. The van der Waals surface area contributed by atoms with Gasteiger partial charge < -0.3 is 14.2 Å². The van der Waals surface area contributed by atoms with Crippen molar-refractivity contribution in [2.24, 2.45) is 0 Å². The summed E-state index contributed by atoms with van der Waals surface area (Å²) in [4.78, 5) is 28.0. The molecule has 23 heavy (non-hydrogen) atoms. The monoisotopic (exact) mass is 313 g/mol. The van der Waals surface area contributed by atoms with E-state index in [1.165, 1.54) is 12.3 Å². The molecule has 0 unspecified atom stereocenters. The number of nitrogens with zero attached hydrogens (tertiary/aromatic N) is 1. The summed E-state index contributed by atoms with van der Waals surface area (Å²) in [6.45, 7) is 1.75. The predicted molar refractivity (Wildman–Crippen MR) is 80.1 cm³/mol. The van der Waals surface area contributed by atoms with Crippen LogP contribution in [0.2, 0.25) is 0 Å². The lowest BCUT2D eigenvalue weighted by Crippen LogP contribution is -2.23. The SMILES string of the molecule is C[C@H]1C[C@@H](OC(=O)c2cccnc2Oc2ccccc2)C(=O)O1. The fourth-order valence-corrected chi connectivity index (χ4v) is 2.24. The average Bonchev–Trinajstić information content (AvgIpc) is 2.86. The summed E-state index contributed by atoms with van der Waals surface area (Å²) in [6.07, 6.45) is 0.720. The fraction of sp³-hybridized carbons (Fsp3) is 0.235. The predicted octanol–water partition coefficient (Wildman–Crippen LogP) is 2.73. The molecule has 0 amide bonds. The number of rotatable bonds is 4. The Hall–Kier alpha value is -2.89. The van der Waals surface area contributed by atoms with Gasteiger partial charge in [0.2, 0.25) is 12.0 Å². The number of hydrogen-bond acceptors (Lipinski definition) is 6. The van der Waals surface area contributed by atoms with Gasteiger partial charge in [-0.25, -0.2) is 14.6 Å². The summed E-state index contributed by atoms with van der Waals surface area (Å²) >= 11 is 0. The molecule has 2 aromatic rings. The zero-order valence-corrected chi connectivity index (χ0v) is 12.5. The van der Waals surface area contributed by atoms with Crippen molar-refractivity contribution < 1.29 is 23.8 Å². The molecule has 118 valence electrons. The molecule has 1 aliphatic rings. The van der Waals surface area contributed by atoms with Gasteiger partial charge in [-0.05, 0) is 31.2 Å². The van der Waals surface area contributed by atoms with Gasteiger partial charge in [-0.3, -0.25) is 0 Å². The lowest BCUT2D eigenvalue weighted by atomic mass is 10.2. The molecule has 0 saturated carbocycles. The van der Waals surface area contributed by atoms with Gasteiger partial charge in [0.15, 0.2) is 0 Å². The van der Waals surface area contributed by atoms with Gasteiger partial charge in [0.05, 0.1) is 0 Å². The molecule has 0 radical (unpaired) electrons. The second kappa shape index (κ2) is 6.48. The van der Waals surface area contributed by atoms with E-state index in [1.54, 1.807) is 25.1 Å². The van der Waals surface area contributed by atoms with E-state index < -0.39 is 18.0 Å². The van der Waals surface area contributed by atoms with Crippen LogP contribution in [0.3, 0.4) is 0 Å². The van der Waals surface area contributed by atoms with E-state index in [0.29, 0.717) is 12.2 Å². The zero-order valence-electron chi connectivity index (χ0n) is 12.5. The highest BCUT2D eigenvalue weighted by molar-refractivity contribution is 5.93. The molecule has 2 atom stereocenters. The van der Waals surface area contributed by atoms with Crippen LogP contribution in [-0.2, 0) is 14.3 Å². The topological polar surface area (TPSA) is 74.7 Å². The molecule has 1 aliphatic heterocycles. The van der Waals surface area contributed by atoms with Gasteiger partial charge in [0.1, 0.15) is 17.4 Å². The molecule has 0 spiro atoms. The maximum atomic E-state index is 12.3. The highest BCUT2D eigenvalue weighted by Crippen LogP contribution is 2.25. The summed E-state index contributed by atoms with van der Waals surface area (Å²) < 4.78 is 15.8. The Morgan fingerprint density at radius 3 is 2.70 bits per heavy atom. The van der Waals surface area contributed by atoms with Crippen molar-refractivity contribution in [1.29, 1.82) is 0 Å². The Kier molecular flexibility index (Phi) is 4.23. The van der Waals surface area contributed by atoms with Crippen molar-refractivity contribution in [3.63, 3.8) is 0 Å². The summed E-state index contributed by atoms with van der Waals surface area (Å²) in [5, 5.41) is 0. The average molecular weight is 313 g/mol. The molecular formula is C17H15NO5. The quantitative estimate of drug-likeness (QED) is 0.808. The van der Waals surface area contributed by atoms with Gasteiger partial charge >= 0.3 is 11.9 Å². The van der Waals surface area contributed by atoms with Gasteiger partial charge in [0, 0.05) is 12.6 Å². The molecule has 0 N–H and O–H groups in total. The van der Waals surface area contributed by atoms with Crippen molar-refractivity contribution in [1.82, 2.24) is 4.98 Å². The fourth-order valence-electron chi connectivity index (χ4n) is 2.24. The Morgan fingerprint density at radius 2 is 2.00 bits per heavy atom. The first-order valence-corrected chi connectivity index (χ1v) is 7.23. The standard InChI is InChI=1S/C17H15NO5/c1-11-10-14(17(20)21-11)23-16(19)13-8-5-9-18-15(13)22-12-6-3-2-4-7-12/h2-9,11,14H,10H2,1H3/t11-,14+/m0/s1. The summed E-state index contributed by atoms with van der Waals surface area (Å²) in [6, 6.07) is 12.1. The van der Waals surface area contributed by atoms with Crippen molar-refractivity contribution in [3.05, 3.63) is 54.2 Å². The molecule has 3 rings (SSSR count). The minimum Gasteiger partial charge on any atom is -0.460 e. The van der Waals surface area contributed by atoms with Crippen molar-refractivity contribution in [2.45, 2.75) is 25.6 Å². The second-order valence-corrected chi connectivity index (χ2v) is 5.15. The summed E-state index contributed by atoms with van der Waals surface area (Å²) in [7, 11) is 0. The van der Waals surface area contributed by atoms with E-state index in [2.05, 4.69) is 4.98 Å². The van der Waals surface area contributed by atoms with Crippen LogP contribution in [0, 0.1) is 0 Å². The van der Waals surface area contributed by atoms with Crippen LogP contribution in [0.4, 0.5) is 0 Å². The van der Waals surface area contributed by atoms with Crippen molar-refractivity contribution in [2.75, 3.05) is 0 Å². The molecule has 1 aromatic carbocycles. The molecule has 6 nitrogen and oxygen atoms in total. The molecule has 1 aromatic heterocycles. The van der Waals surface area contributed by atoms with Gasteiger partial charge in [-0.15, -0.1) is 0 Å². The van der Waals surface area contributed by atoms with Gasteiger partial charge in [-0.2, -0.15) is 0 Å². The minimum absolute atomic E-state index is 0.128. The Morgan fingerprint density at radius 1 is 1.22 bits per heavy atom. The first-order valence-electron chi connectivity index (χ1n) is 7.23. The first kappa shape index (κ1) is 15.0. The van der Waals surface area contributed by atoms with Crippen LogP contribution in [0.25, 0.3) is 0 Å². The lowest BCUT2D eigenvalue weighted by Gasteiger charge is -2.11. The number of cyclic esters (lactones) is 1. The molecule has 1 saturated heterocycles. The Balaban J connectivity index is 1.77. The number of benzene rings is 1. The third kappa shape index (κ3) is 3.48. The number of carbonyl (C=O) groups excluding carboxylic acids is 2. The van der Waals surface area contributed by atoms with E-state index in [0.717, 1.165) is 0 Å². The van der Waals surface area contributed by atoms with Crippen LogP contribution in [0.1, 0.15) is 23.7 Å². The number of aromatic nitrogens is 1. The molecule has 0 bridgehead atoms. The third-order valence-electron chi connectivity index (χ3n) is 3.32. The first-order chi connectivity index (χ1) is 11.1. The molecular weight excluding hydrogens is 298 g/mol. The maximum Gasteiger partial charge on any atom is 0.347 e. The third-order valence-corrected chi connectivity index (χ3v) is 3.32. The van der Waals surface area contributed by atoms with Crippen LogP contribution >= 0.6 is 0 Å². The normalized spacial score (nSPS) is 20.0. The lowest BCUT2D eigenvalue weighted by molar-refractivity contribution is -0.147. The minimum atomic E-state index is -0.887. The van der Waals surface area contributed by atoms with Crippen molar-refractivity contribution in [3.8, 4) is 11.6 Å². The Labute approximate surface area is 133 Å². The largest absolute Gasteiger partial charge is 0.460 e.